The molecule has 1 atom stereocenters. The molecule has 3 N–H and O–H groups in total. The van der Waals surface area contributed by atoms with Gasteiger partial charge in [-0.15, -0.1) is 12.4 Å². The van der Waals surface area contributed by atoms with E-state index >= 15 is 0 Å². The molecule has 1 amide bonds. The molecule has 0 saturated heterocycles. The highest BCUT2D eigenvalue weighted by atomic mass is 35.5. The average Bonchev–Trinajstić information content (AvgIpc) is 2.73. The molecule has 0 aliphatic rings. The summed E-state index contributed by atoms with van der Waals surface area (Å²) in [5.41, 5.74) is -0.421. The van der Waals surface area contributed by atoms with Crippen LogP contribution in [0.4, 0.5) is 5.69 Å². The van der Waals surface area contributed by atoms with Crippen LogP contribution in [-0.2, 0) is 4.79 Å². The summed E-state index contributed by atoms with van der Waals surface area (Å²) in [5.74, 6) is -0.982. The molecule has 0 bridgehead atoms. The lowest BCUT2D eigenvalue weighted by Crippen LogP contribution is -2.62. The van der Waals surface area contributed by atoms with Crippen LogP contribution in [0.1, 0.15) is 23.7 Å². The highest BCUT2D eigenvalue weighted by Gasteiger charge is 2.42. The number of rotatable bonds is 9. The highest BCUT2D eigenvalue weighted by molar-refractivity contribution is 6.30. The smallest absolute Gasteiger partial charge is 0.252 e. The van der Waals surface area contributed by atoms with Crippen LogP contribution in [0.5, 0.6) is 0 Å². The van der Waals surface area contributed by atoms with Gasteiger partial charge in [0.25, 0.3) is 5.91 Å². The Kier molecular flexibility index (Phi) is 9.76. The van der Waals surface area contributed by atoms with Gasteiger partial charge < -0.3 is 15.5 Å². The number of aliphatic hydroxyl groups excluding tert-OH is 2. The van der Waals surface area contributed by atoms with Crippen molar-refractivity contribution in [3.63, 3.8) is 0 Å². The minimum absolute atomic E-state index is 0. The Labute approximate surface area is 181 Å². The predicted octanol–water partition coefficient (Wildman–Crippen LogP) is 2.70. The van der Waals surface area contributed by atoms with E-state index in [9.17, 15) is 19.8 Å². The number of hydrogen-bond acceptors (Lipinski definition) is 5. The fraction of sp³-hybridized carbons (Fsp3) is 0.333. The second kappa shape index (κ2) is 11.3. The molecule has 158 valence electrons. The lowest BCUT2D eigenvalue weighted by molar-refractivity contribution is -0.121. The van der Waals surface area contributed by atoms with E-state index in [0.717, 1.165) is 0 Å². The largest absolute Gasteiger partial charge is 0.394 e. The third-order valence-electron chi connectivity index (χ3n) is 4.88. The van der Waals surface area contributed by atoms with Crippen molar-refractivity contribution in [3.05, 3.63) is 65.2 Å². The average molecular weight is 441 g/mol. The maximum absolute atomic E-state index is 13.5. The van der Waals surface area contributed by atoms with Crippen LogP contribution in [0, 0.1) is 0 Å². The number of halogens is 2. The SMILES string of the molecule is CCC(CO)(CO)N(C(=O)C(NC)C(=O)c1ccc(Cl)cc1)c1ccccc1.Cl. The number of ketones is 1. The Morgan fingerprint density at radius 2 is 1.62 bits per heavy atom. The van der Waals surface area contributed by atoms with Crippen LogP contribution >= 0.6 is 24.0 Å². The molecule has 8 heteroatoms. The molecule has 2 aromatic carbocycles. The van der Waals surface area contributed by atoms with E-state index in [1.807, 2.05) is 0 Å². The first-order chi connectivity index (χ1) is 13.4. The van der Waals surface area contributed by atoms with Crippen molar-refractivity contribution in [2.24, 2.45) is 0 Å². The van der Waals surface area contributed by atoms with Gasteiger partial charge in [0, 0.05) is 16.3 Å². The lowest BCUT2D eigenvalue weighted by atomic mass is 9.92. The number of amides is 1. The molecule has 29 heavy (non-hydrogen) atoms. The van der Waals surface area contributed by atoms with Gasteiger partial charge in [-0.3, -0.25) is 14.5 Å². The number of carbonyl (C=O) groups excluding carboxylic acids is 2. The van der Waals surface area contributed by atoms with Gasteiger partial charge in [-0.25, -0.2) is 0 Å². The Hall–Kier alpha value is -1.96. The van der Waals surface area contributed by atoms with Crippen molar-refractivity contribution in [2.75, 3.05) is 25.2 Å². The van der Waals surface area contributed by atoms with Gasteiger partial charge in [0.2, 0.25) is 0 Å². The zero-order valence-corrected chi connectivity index (χ0v) is 17.9. The number of Topliss-reactive ketones (excluding diaryl/α,β-unsaturated/α-hetero) is 1. The summed E-state index contributed by atoms with van der Waals surface area (Å²) in [6, 6.07) is 13.8. The van der Waals surface area contributed by atoms with Crippen molar-refractivity contribution in [2.45, 2.75) is 24.9 Å². The molecule has 2 aromatic rings. The van der Waals surface area contributed by atoms with Crippen molar-refractivity contribution >= 4 is 41.4 Å². The molecule has 1 unspecified atom stereocenters. The number of para-hydroxylation sites is 1. The molecule has 6 nitrogen and oxygen atoms in total. The number of benzene rings is 2. The van der Waals surface area contributed by atoms with Crippen LogP contribution < -0.4 is 10.2 Å². The van der Waals surface area contributed by atoms with Gasteiger partial charge in [-0.05, 0) is 49.9 Å². The predicted molar refractivity (Wildman–Crippen MR) is 117 cm³/mol. The first-order valence-electron chi connectivity index (χ1n) is 9.02. The minimum atomic E-state index is -1.24. The van der Waals surface area contributed by atoms with Crippen LogP contribution in [0.2, 0.25) is 5.02 Å². The van der Waals surface area contributed by atoms with E-state index in [4.69, 9.17) is 11.6 Å². The van der Waals surface area contributed by atoms with E-state index in [2.05, 4.69) is 5.32 Å². The minimum Gasteiger partial charge on any atom is -0.394 e. The zero-order chi connectivity index (χ0) is 20.7. The number of nitrogens with one attached hydrogen (secondary N) is 1. The van der Waals surface area contributed by atoms with E-state index < -0.39 is 36.5 Å². The van der Waals surface area contributed by atoms with Crippen LogP contribution in [-0.4, -0.2) is 53.7 Å². The van der Waals surface area contributed by atoms with Gasteiger partial charge in [0.1, 0.15) is 0 Å². The van der Waals surface area contributed by atoms with E-state index in [-0.39, 0.29) is 12.4 Å². The molecule has 2 rings (SSSR count). The molecular formula is C21H26Cl2N2O4. The summed E-state index contributed by atoms with van der Waals surface area (Å²) in [4.78, 5) is 27.8. The highest BCUT2D eigenvalue weighted by Crippen LogP contribution is 2.28. The van der Waals surface area contributed by atoms with Gasteiger partial charge in [0.05, 0.1) is 18.8 Å². The summed E-state index contributed by atoms with van der Waals surface area (Å²) in [6.07, 6.45) is 0.298. The molecule has 0 radical (unpaired) electrons. The summed E-state index contributed by atoms with van der Waals surface area (Å²) in [5, 5.41) is 23.3. The normalized spacial score (nSPS) is 12.0. The first kappa shape index (κ1) is 25.1. The second-order valence-corrected chi connectivity index (χ2v) is 6.93. The van der Waals surface area contributed by atoms with E-state index in [1.165, 1.54) is 11.9 Å². The topological polar surface area (TPSA) is 89.9 Å². The molecule has 0 aromatic heterocycles. The molecule has 0 heterocycles. The third-order valence-corrected chi connectivity index (χ3v) is 5.13. The number of hydrogen-bond donors (Lipinski definition) is 3. The van der Waals surface area contributed by atoms with Gasteiger partial charge in [-0.2, -0.15) is 0 Å². The fourth-order valence-corrected chi connectivity index (χ4v) is 3.19. The molecular weight excluding hydrogens is 415 g/mol. The number of aliphatic hydroxyl groups is 2. The quantitative estimate of drug-likeness (QED) is 0.411. The number of nitrogens with zero attached hydrogens (tertiary/aromatic N) is 1. The Morgan fingerprint density at radius 3 is 2.07 bits per heavy atom. The number of carbonyl (C=O) groups is 2. The number of anilines is 1. The molecule has 0 aliphatic heterocycles. The molecule has 0 spiro atoms. The summed E-state index contributed by atoms with van der Waals surface area (Å²) in [7, 11) is 1.52. The van der Waals surface area contributed by atoms with E-state index in [1.54, 1.807) is 61.5 Å². The fourth-order valence-electron chi connectivity index (χ4n) is 3.06. The molecule has 0 fully saturated rings. The van der Waals surface area contributed by atoms with Crippen molar-refractivity contribution < 1.29 is 19.8 Å². The van der Waals surface area contributed by atoms with Gasteiger partial charge in [0.15, 0.2) is 11.8 Å². The zero-order valence-electron chi connectivity index (χ0n) is 16.3. The van der Waals surface area contributed by atoms with Crippen molar-refractivity contribution in [3.8, 4) is 0 Å². The Bertz CT molecular complexity index is 788. The van der Waals surface area contributed by atoms with Crippen LogP contribution in [0.15, 0.2) is 54.6 Å². The van der Waals surface area contributed by atoms with Crippen LogP contribution in [0.25, 0.3) is 0 Å². The van der Waals surface area contributed by atoms with Gasteiger partial charge >= 0.3 is 0 Å². The summed E-state index contributed by atoms with van der Waals surface area (Å²) >= 11 is 5.88. The van der Waals surface area contributed by atoms with Crippen LogP contribution in [0.3, 0.4) is 0 Å². The summed E-state index contributed by atoms with van der Waals surface area (Å²) in [6.45, 7) is 0.865. The maximum atomic E-state index is 13.5. The molecule has 0 aliphatic carbocycles. The van der Waals surface area contributed by atoms with Crippen molar-refractivity contribution in [1.29, 1.82) is 0 Å². The number of likely N-dealkylation sites (N-methyl/N-ethyl adjacent to an activating group) is 1. The van der Waals surface area contributed by atoms with Crippen molar-refractivity contribution in [1.82, 2.24) is 5.32 Å². The summed E-state index contributed by atoms with van der Waals surface area (Å²) < 4.78 is 0. The van der Waals surface area contributed by atoms with E-state index in [0.29, 0.717) is 22.7 Å². The van der Waals surface area contributed by atoms with Gasteiger partial charge in [-0.1, -0.05) is 36.7 Å². The Balaban J connectivity index is 0.00000420. The molecule has 0 saturated carbocycles. The maximum Gasteiger partial charge on any atom is 0.252 e. The first-order valence-corrected chi connectivity index (χ1v) is 9.39. The third kappa shape index (κ3) is 5.35. The Morgan fingerprint density at radius 1 is 1.07 bits per heavy atom. The second-order valence-electron chi connectivity index (χ2n) is 6.50. The standard InChI is InChI=1S/C21H25ClN2O4.ClH/c1-3-21(13-25,14-26)24(17-7-5-4-6-8-17)20(28)18(23-2)19(27)15-9-11-16(22)12-10-15;/h4-12,18,23,25-26H,3,13-14H2,1-2H3;1H. The lowest BCUT2D eigenvalue weighted by Gasteiger charge is -2.42. The monoisotopic (exact) mass is 440 g/mol.